The van der Waals surface area contributed by atoms with Crippen LogP contribution in [0.25, 0.3) is 15.3 Å². The Kier molecular flexibility index (Phi) is 4.96. The SMILES string of the molecule is [C-]#[N+]c1cncc(-c2cc(Cl)c([C@]3(C)CC4(CCCCC4)SC(N)=N3)s2)c1. The van der Waals surface area contributed by atoms with Crippen LogP contribution in [0.3, 0.4) is 0 Å². The maximum atomic E-state index is 7.20. The Morgan fingerprint density at radius 3 is 2.74 bits per heavy atom. The largest absolute Gasteiger partial charge is 0.378 e. The van der Waals surface area contributed by atoms with Gasteiger partial charge in [-0.25, -0.2) is 4.85 Å². The first kappa shape index (κ1) is 18.8. The van der Waals surface area contributed by atoms with Crippen molar-refractivity contribution in [1.82, 2.24) is 4.98 Å². The van der Waals surface area contributed by atoms with Crippen LogP contribution in [0.5, 0.6) is 0 Å². The number of thiophene rings is 1. The lowest BCUT2D eigenvalue weighted by Gasteiger charge is -2.45. The van der Waals surface area contributed by atoms with Gasteiger partial charge < -0.3 is 5.73 Å². The van der Waals surface area contributed by atoms with Crippen molar-refractivity contribution in [2.45, 2.75) is 55.7 Å². The fourth-order valence-electron chi connectivity index (χ4n) is 4.30. The predicted molar refractivity (Wildman–Crippen MR) is 116 cm³/mol. The fraction of sp³-hybridized carbons (Fsp3) is 0.450. The molecule has 1 fully saturated rings. The molecule has 0 unspecified atom stereocenters. The maximum Gasteiger partial charge on any atom is 0.205 e. The molecule has 140 valence electrons. The topological polar surface area (TPSA) is 55.6 Å². The molecular formula is C20H21ClN4S2. The van der Waals surface area contributed by atoms with E-state index in [9.17, 15) is 0 Å². The second-order valence-corrected chi connectivity index (χ2v) is 10.5. The molecule has 2 N–H and O–H groups in total. The zero-order valence-corrected chi connectivity index (χ0v) is 17.6. The highest BCUT2D eigenvalue weighted by Crippen LogP contribution is 2.54. The number of halogens is 1. The van der Waals surface area contributed by atoms with Gasteiger partial charge in [-0.15, -0.1) is 11.3 Å². The van der Waals surface area contributed by atoms with Crippen LogP contribution in [0.1, 0.15) is 50.3 Å². The van der Waals surface area contributed by atoms with Crippen LogP contribution in [-0.4, -0.2) is 14.9 Å². The lowest BCUT2D eigenvalue weighted by molar-refractivity contribution is 0.306. The van der Waals surface area contributed by atoms with Gasteiger partial charge >= 0.3 is 0 Å². The Morgan fingerprint density at radius 1 is 1.22 bits per heavy atom. The Labute approximate surface area is 173 Å². The standard InChI is InChI=1S/C20H21ClN4S2/c1-19(12-20(27-18(22)25-19)6-4-3-5-7-20)17-15(21)9-16(26-17)13-8-14(23-2)11-24-10-13/h8-11H,3-7,12H2,1H3,(H2,22,25)/t19-/m0/s1. The third-order valence-corrected chi connectivity index (χ3v) is 8.56. The van der Waals surface area contributed by atoms with Crippen molar-refractivity contribution < 1.29 is 0 Å². The van der Waals surface area contributed by atoms with E-state index in [1.54, 1.807) is 35.5 Å². The van der Waals surface area contributed by atoms with E-state index in [1.807, 2.05) is 12.1 Å². The van der Waals surface area contributed by atoms with Crippen molar-refractivity contribution in [1.29, 1.82) is 0 Å². The third-order valence-electron chi connectivity index (χ3n) is 5.42. The second-order valence-electron chi connectivity index (χ2n) is 7.58. The van der Waals surface area contributed by atoms with Crippen LogP contribution in [0.15, 0.2) is 29.5 Å². The summed E-state index contributed by atoms with van der Waals surface area (Å²) < 4.78 is 0.178. The molecule has 0 aromatic carbocycles. The highest BCUT2D eigenvalue weighted by atomic mass is 35.5. The third kappa shape index (κ3) is 3.61. The summed E-state index contributed by atoms with van der Waals surface area (Å²) >= 11 is 10.1. The number of pyridine rings is 1. The van der Waals surface area contributed by atoms with Crippen LogP contribution in [0.4, 0.5) is 5.69 Å². The first-order valence-electron chi connectivity index (χ1n) is 9.10. The van der Waals surface area contributed by atoms with Crippen LogP contribution >= 0.6 is 34.7 Å². The van der Waals surface area contributed by atoms with Crippen molar-refractivity contribution >= 4 is 45.6 Å². The van der Waals surface area contributed by atoms with Crippen molar-refractivity contribution in [2.24, 2.45) is 10.7 Å². The molecule has 4 rings (SSSR count). The smallest absolute Gasteiger partial charge is 0.205 e. The highest BCUT2D eigenvalue weighted by molar-refractivity contribution is 8.15. The van der Waals surface area contributed by atoms with E-state index in [0.717, 1.165) is 26.8 Å². The van der Waals surface area contributed by atoms with Crippen molar-refractivity contribution in [3.05, 3.63) is 45.8 Å². The first-order chi connectivity index (χ1) is 12.9. The van der Waals surface area contributed by atoms with E-state index < -0.39 is 5.54 Å². The summed E-state index contributed by atoms with van der Waals surface area (Å²) in [6.45, 7) is 9.36. The van der Waals surface area contributed by atoms with Crippen LogP contribution < -0.4 is 5.73 Å². The molecule has 0 radical (unpaired) electrons. The second kappa shape index (κ2) is 7.12. The Bertz CT molecular complexity index is 940. The van der Waals surface area contributed by atoms with Crippen LogP contribution in [-0.2, 0) is 5.54 Å². The molecular weight excluding hydrogens is 396 g/mol. The molecule has 1 saturated carbocycles. The number of aliphatic imine (C=N–C) groups is 1. The van der Waals surface area contributed by atoms with Gasteiger partial charge in [-0.3, -0.25) is 9.98 Å². The number of aromatic nitrogens is 1. The minimum atomic E-state index is -0.405. The van der Waals surface area contributed by atoms with E-state index in [-0.39, 0.29) is 4.75 Å². The zero-order valence-electron chi connectivity index (χ0n) is 15.2. The van der Waals surface area contributed by atoms with Gasteiger partial charge in [0.15, 0.2) is 5.17 Å². The van der Waals surface area contributed by atoms with Gasteiger partial charge in [0.2, 0.25) is 5.69 Å². The van der Waals surface area contributed by atoms with Gasteiger partial charge in [-0.05, 0) is 43.9 Å². The molecule has 2 aromatic heterocycles. The molecule has 2 aromatic rings. The molecule has 0 bridgehead atoms. The van der Waals surface area contributed by atoms with Gasteiger partial charge in [-0.2, -0.15) is 0 Å². The number of rotatable bonds is 2. The summed E-state index contributed by atoms with van der Waals surface area (Å²) in [6.07, 6.45) is 10.5. The van der Waals surface area contributed by atoms with Gasteiger partial charge in [0.05, 0.1) is 22.0 Å². The lowest BCUT2D eigenvalue weighted by atomic mass is 9.78. The monoisotopic (exact) mass is 416 g/mol. The number of hydrogen-bond acceptors (Lipinski definition) is 5. The summed E-state index contributed by atoms with van der Waals surface area (Å²) in [6, 6.07) is 3.82. The number of nitrogens with zero attached hydrogens (tertiary/aromatic N) is 3. The summed E-state index contributed by atoms with van der Waals surface area (Å²) in [5, 5.41) is 1.40. The van der Waals surface area contributed by atoms with E-state index >= 15 is 0 Å². The number of nitrogens with two attached hydrogens (primary N) is 1. The normalized spacial score (nSPS) is 24.4. The zero-order chi connectivity index (χ0) is 19.1. The quantitative estimate of drug-likeness (QED) is 0.577. The molecule has 1 aliphatic heterocycles. The summed E-state index contributed by atoms with van der Waals surface area (Å²) in [7, 11) is 0. The average Bonchev–Trinajstić information content (AvgIpc) is 3.04. The number of amidine groups is 1. The van der Waals surface area contributed by atoms with Gasteiger partial charge in [0.25, 0.3) is 0 Å². The summed E-state index contributed by atoms with van der Waals surface area (Å²) in [5.74, 6) is 0. The average molecular weight is 417 g/mol. The molecule has 1 spiro atoms. The van der Waals surface area contributed by atoms with E-state index in [2.05, 4.69) is 16.8 Å². The molecule has 27 heavy (non-hydrogen) atoms. The Balaban J connectivity index is 1.73. The lowest BCUT2D eigenvalue weighted by Crippen LogP contribution is -2.42. The van der Waals surface area contributed by atoms with E-state index in [0.29, 0.717) is 10.9 Å². The van der Waals surface area contributed by atoms with Gasteiger partial charge in [0.1, 0.15) is 0 Å². The molecule has 4 nitrogen and oxygen atoms in total. The minimum Gasteiger partial charge on any atom is -0.378 e. The van der Waals surface area contributed by atoms with E-state index in [4.69, 9.17) is 28.9 Å². The molecule has 3 heterocycles. The van der Waals surface area contributed by atoms with Crippen LogP contribution in [0, 0.1) is 6.57 Å². The molecule has 1 atom stereocenters. The number of hydrogen-bond donors (Lipinski definition) is 1. The molecule has 2 aliphatic rings. The minimum absolute atomic E-state index is 0.178. The summed E-state index contributed by atoms with van der Waals surface area (Å²) in [4.78, 5) is 14.6. The van der Waals surface area contributed by atoms with Crippen molar-refractivity contribution in [2.75, 3.05) is 0 Å². The van der Waals surface area contributed by atoms with Gasteiger partial charge in [0, 0.05) is 22.0 Å². The predicted octanol–water partition coefficient (Wildman–Crippen LogP) is 6.38. The van der Waals surface area contributed by atoms with Crippen molar-refractivity contribution in [3.63, 3.8) is 0 Å². The summed E-state index contributed by atoms with van der Waals surface area (Å²) in [5.41, 5.74) is 7.33. The molecule has 0 saturated heterocycles. The molecule has 1 aliphatic carbocycles. The number of thioether (sulfide) groups is 1. The van der Waals surface area contributed by atoms with Crippen LogP contribution in [0.2, 0.25) is 5.02 Å². The first-order valence-corrected chi connectivity index (χ1v) is 11.1. The highest BCUT2D eigenvalue weighted by Gasteiger charge is 2.46. The Hall–Kier alpha value is -1.55. The fourth-order valence-corrected chi connectivity index (χ4v) is 7.45. The molecule has 0 amide bonds. The van der Waals surface area contributed by atoms with Gasteiger partial charge in [-0.1, -0.05) is 42.6 Å². The van der Waals surface area contributed by atoms with Crippen molar-refractivity contribution in [3.8, 4) is 10.4 Å². The Morgan fingerprint density at radius 2 is 2.00 bits per heavy atom. The van der Waals surface area contributed by atoms with E-state index in [1.165, 1.54) is 32.1 Å². The molecule has 7 heteroatoms. The maximum absolute atomic E-state index is 7.20.